The molecule has 0 bridgehead atoms. The SMILES string of the molecule is Cc1cccc(Oc2ccc(NC(=O)C(C)C3CNC3)cc2)c1.Cl. The quantitative estimate of drug-likeness (QED) is 0.860. The van der Waals surface area contributed by atoms with Gasteiger partial charge in [0.15, 0.2) is 0 Å². The smallest absolute Gasteiger partial charge is 0.227 e. The summed E-state index contributed by atoms with van der Waals surface area (Å²) in [4.78, 5) is 12.2. The lowest BCUT2D eigenvalue weighted by molar-refractivity contribution is -0.121. The van der Waals surface area contributed by atoms with Crippen LogP contribution in [0.15, 0.2) is 48.5 Å². The molecule has 0 aliphatic carbocycles. The number of aryl methyl sites for hydroxylation is 1. The van der Waals surface area contributed by atoms with Crippen LogP contribution in [-0.4, -0.2) is 19.0 Å². The van der Waals surface area contributed by atoms with Gasteiger partial charge in [0.2, 0.25) is 5.91 Å². The summed E-state index contributed by atoms with van der Waals surface area (Å²) < 4.78 is 5.81. The van der Waals surface area contributed by atoms with Gasteiger partial charge in [-0.25, -0.2) is 0 Å². The van der Waals surface area contributed by atoms with E-state index in [1.165, 1.54) is 0 Å². The third kappa shape index (κ3) is 4.49. The van der Waals surface area contributed by atoms with E-state index in [1.807, 2.05) is 62.4 Å². The highest BCUT2D eigenvalue weighted by molar-refractivity contribution is 5.92. The molecular formula is C19H23ClN2O2. The highest BCUT2D eigenvalue weighted by atomic mass is 35.5. The number of carbonyl (C=O) groups is 1. The van der Waals surface area contributed by atoms with Crippen molar-refractivity contribution in [2.75, 3.05) is 18.4 Å². The minimum Gasteiger partial charge on any atom is -0.457 e. The normalized spacial score (nSPS) is 14.9. The second-order valence-electron chi connectivity index (χ2n) is 6.14. The summed E-state index contributed by atoms with van der Waals surface area (Å²) in [6.45, 7) is 5.87. The molecule has 24 heavy (non-hydrogen) atoms. The van der Waals surface area contributed by atoms with Gasteiger partial charge in [-0.05, 0) is 67.9 Å². The van der Waals surface area contributed by atoms with Crippen LogP contribution in [0.4, 0.5) is 5.69 Å². The Hall–Kier alpha value is -2.04. The topological polar surface area (TPSA) is 50.4 Å². The fourth-order valence-corrected chi connectivity index (χ4v) is 2.56. The van der Waals surface area contributed by atoms with Crippen molar-refractivity contribution in [2.45, 2.75) is 13.8 Å². The number of hydrogen-bond donors (Lipinski definition) is 2. The van der Waals surface area contributed by atoms with Crippen LogP contribution >= 0.6 is 12.4 Å². The number of anilines is 1. The minimum atomic E-state index is 0. The summed E-state index contributed by atoms with van der Waals surface area (Å²) in [6, 6.07) is 15.4. The maximum atomic E-state index is 12.2. The zero-order chi connectivity index (χ0) is 16.2. The van der Waals surface area contributed by atoms with Crippen LogP contribution in [0.3, 0.4) is 0 Å². The molecule has 1 saturated heterocycles. The fourth-order valence-electron chi connectivity index (χ4n) is 2.56. The molecule has 2 N–H and O–H groups in total. The van der Waals surface area contributed by atoms with E-state index in [0.717, 1.165) is 35.8 Å². The first-order chi connectivity index (χ1) is 11.1. The summed E-state index contributed by atoms with van der Waals surface area (Å²) >= 11 is 0. The average molecular weight is 347 g/mol. The Morgan fingerprint density at radius 1 is 1.17 bits per heavy atom. The Balaban J connectivity index is 0.00000208. The van der Waals surface area contributed by atoms with Gasteiger partial charge in [-0.3, -0.25) is 4.79 Å². The molecule has 1 unspecified atom stereocenters. The lowest BCUT2D eigenvalue weighted by Crippen LogP contribution is -2.48. The molecule has 1 aliphatic heterocycles. The van der Waals surface area contributed by atoms with Crippen molar-refractivity contribution in [3.05, 3.63) is 54.1 Å². The Morgan fingerprint density at radius 2 is 1.88 bits per heavy atom. The van der Waals surface area contributed by atoms with E-state index in [9.17, 15) is 4.79 Å². The second kappa shape index (κ2) is 8.18. The Morgan fingerprint density at radius 3 is 2.46 bits per heavy atom. The standard InChI is InChI=1S/C19H22N2O2.ClH/c1-13-4-3-5-18(10-13)23-17-8-6-16(7-9-17)21-19(22)14(2)15-11-20-12-15;/h3-10,14-15,20H,11-12H2,1-2H3,(H,21,22);1H. The third-order valence-electron chi connectivity index (χ3n) is 4.28. The molecular weight excluding hydrogens is 324 g/mol. The van der Waals surface area contributed by atoms with Gasteiger partial charge < -0.3 is 15.4 Å². The summed E-state index contributed by atoms with van der Waals surface area (Å²) in [6.07, 6.45) is 0. The van der Waals surface area contributed by atoms with Gasteiger partial charge in [0.1, 0.15) is 11.5 Å². The Kier molecular flexibility index (Phi) is 6.23. The van der Waals surface area contributed by atoms with Gasteiger partial charge in [-0.2, -0.15) is 0 Å². The molecule has 3 rings (SSSR count). The molecule has 1 fully saturated rings. The van der Waals surface area contributed by atoms with Crippen molar-refractivity contribution in [3.8, 4) is 11.5 Å². The van der Waals surface area contributed by atoms with E-state index >= 15 is 0 Å². The van der Waals surface area contributed by atoms with Gasteiger partial charge in [0.05, 0.1) is 0 Å². The molecule has 1 aliphatic rings. The van der Waals surface area contributed by atoms with E-state index in [-0.39, 0.29) is 24.2 Å². The third-order valence-corrected chi connectivity index (χ3v) is 4.28. The van der Waals surface area contributed by atoms with Gasteiger partial charge in [-0.1, -0.05) is 19.1 Å². The minimum absolute atomic E-state index is 0. The first-order valence-electron chi connectivity index (χ1n) is 7.98. The summed E-state index contributed by atoms with van der Waals surface area (Å²) in [7, 11) is 0. The number of nitrogens with one attached hydrogen (secondary N) is 2. The molecule has 0 saturated carbocycles. The number of amides is 1. The Labute approximate surface area is 149 Å². The lowest BCUT2D eigenvalue weighted by atomic mass is 9.88. The second-order valence-corrected chi connectivity index (χ2v) is 6.14. The summed E-state index contributed by atoms with van der Waals surface area (Å²) in [5, 5.41) is 6.17. The van der Waals surface area contributed by atoms with Crippen LogP contribution in [-0.2, 0) is 4.79 Å². The van der Waals surface area contributed by atoms with Crippen molar-refractivity contribution < 1.29 is 9.53 Å². The van der Waals surface area contributed by atoms with Gasteiger partial charge >= 0.3 is 0 Å². The largest absolute Gasteiger partial charge is 0.457 e. The van der Waals surface area contributed by atoms with Gasteiger partial charge in [0.25, 0.3) is 0 Å². The van der Waals surface area contributed by atoms with Crippen LogP contribution < -0.4 is 15.4 Å². The summed E-state index contributed by atoms with van der Waals surface area (Å²) in [5.41, 5.74) is 1.96. The maximum Gasteiger partial charge on any atom is 0.227 e. The number of benzene rings is 2. The van der Waals surface area contributed by atoms with Gasteiger partial charge in [0, 0.05) is 11.6 Å². The molecule has 0 radical (unpaired) electrons. The van der Waals surface area contributed by atoms with E-state index in [2.05, 4.69) is 10.6 Å². The van der Waals surface area contributed by atoms with E-state index < -0.39 is 0 Å². The molecule has 0 aromatic heterocycles. The maximum absolute atomic E-state index is 12.2. The first kappa shape index (κ1) is 18.3. The monoisotopic (exact) mass is 346 g/mol. The van der Waals surface area contributed by atoms with E-state index in [0.29, 0.717) is 5.92 Å². The molecule has 128 valence electrons. The first-order valence-corrected chi connectivity index (χ1v) is 7.98. The van der Waals surface area contributed by atoms with Crippen molar-refractivity contribution in [3.63, 3.8) is 0 Å². The number of ether oxygens (including phenoxy) is 1. The fraction of sp³-hybridized carbons (Fsp3) is 0.316. The zero-order valence-electron chi connectivity index (χ0n) is 13.9. The van der Waals surface area contributed by atoms with E-state index in [4.69, 9.17) is 4.74 Å². The van der Waals surface area contributed by atoms with Crippen LogP contribution in [0.2, 0.25) is 0 Å². The molecule has 2 aromatic carbocycles. The molecule has 1 amide bonds. The van der Waals surface area contributed by atoms with Crippen LogP contribution in [0, 0.1) is 18.8 Å². The molecule has 5 heteroatoms. The number of carbonyl (C=O) groups excluding carboxylic acids is 1. The number of hydrogen-bond acceptors (Lipinski definition) is 3. The number of rotatable bonds is 5. The molecule has 4 nitrogen and oxygen atoms in total. The predicted octanol–water partition coefficient (Wildman–Crippen LogP) is 4.00. The van der Waals surface area contributed by atoms with Crippen LogP contribution in [0.25, 0.3) is 0 Å². The van der Waals surface area contributed by atoms with E-state index in [1.54, 1.807) is 0 Å². The molecule has 1 atom stereocenters. The van der Waals surface area contributed by atoms with Crippen LogP contribution in [0.5, 0.6) is 11.5 Å². The van der Waals surface area contributed by atoms with Crippen LogP contribution in [0.1, 0.15) is 12.5 Å². The van der Waals surface area contributed by atoms with Crippen molar-refractivity contribution >= 4 is 24.0 Å². The number of halogens is 1. The molecule has 2 aromatic rings. The Bertz CT molecular complexity index is 684. The average Bonchev–Trinajstić information content (AvgIpc) is 2.47. The van der Waals surface area contributed by atoms with Gasteiger partial charge in [-0.15, -0.1) is 12.4 Å². The zero-order valence-corrected chi connectivity index (χ0v) is 14.7. The molecule has 1 heterocycles. The predicted molar refractivity (Wildman–Crippen MR) is 99.1 cm³/mol. The lowest BCUT2D eigenvalue weighted by Gasteiger charge is -2.31. The van der Waals surface area contributed by atoms with Crippen molar-refractivity contribution in [2.24, 2.45) is 11.8 Å². The highest BCUT2D eigenvalue weighted by Crippen LogP contribution is 2.24. The molecule has 0 spiro atoms. The summed E-state index contributed by atoms with van der Waals surface area (Å²) in [5.74, 6) is 2.11. The van der Waals surface area contributed by atoms with Crippen molar-refractivity contribution in [1.82, 2.24) is 5.32 Å². The van der Waals surface area contributed by atoms with Crippen molar-refractivity contribution in [1.29, 1.82) is 0 Å². The highest BCUT2D eigenvalue weighted by Gasteiger charge is 2.28.